The van der Waals surface area contributed by atoms with Gasteiger partial charge in [-0.25, -0.2) is 10.1 Å². The molecule has 0 bridgehead atoms. The number of aromatic amines is 1. The first-order valence-electron chi connectivity index (χ1n) is 10.3. The molecular weight excluding hydrogens is 388 g/mol. The number of H-pyrrole nitrogens is 1. The lowest BCUT2D eigenvalue weighted by Gasteiger charge is -2.16. The number of hydrogen-bond acceptors (Lipinski definition) is 5. The molecule has 0 aliphatic rings. The van der Waals surface area contributed by atoms with Crippen molar-refractivity contribution in [2.24, 2.45) is 0 Å². The Hall–Kier alpha value is -4.00. The number of hydrogen-bond donors (Lipinski definition) is 1. The number of benzene rings is 3. The molecule has 1 N–H and O–H groups in total. The van der Waals surface area contributed by atoms with Gasteiger partial charge in [0.25, 0.3) is 0 Å². The van der Waals surface area contributed by atoms with Crippen molar-refractivity contribution in [3.63, 3.8) is 0 Å². The standard InChI is InChI=1S/C24H22N6O/c1-3-14-31-23-15-17(30-16(2)25-21-10-6-7-11-22(21)30)12-13-19(23)18-8-4-5-9-20(18)24-26-28-29-27-24/h4-13,15H,3,14H2,1-2H3,(H,26,27,28,29). The average molecular weight is 410 g/mol. The normalized spacial score (nSPS) is 11.2. The highest BCUT2D eigenvalue weighted by Gasteiger charge is 2.16. The van der Waals surface area contributed by atoms with E-state index in [0.717, 1.165) is 51.4 Å². The number of nitrogens with one attached hydrogen (secondary N) is 1. The van der Waals surface area contributed by atoms with Gasteiger partial charge in [-0.3, -0.25) is 4.57 Å². The second kappa shape index (κ2) is 8.02. The molecule has 0 fully saturated rings. The van der Waals surface area contributed by atoms with Crippen molar-refractivity contribution in [1.29, 1.82) is 0 Å². The van der Waals surface area contributed by atoms with Crippen LogP contribution in [0, 0.1) is 6.92 Å². The smallest absolute Gasteiger partial charge is 0.180 e. The summed E-state index contributed by atoms with van der Waals surface area (Å²) in [6.45, 7) is 4.75. The van der Waals surface area contributed by atoms with E-state index in [-0.39, 0.29) is 0 Å². The quantitative estimate of drug-likeness (QED) is 0.427. The van der Waals surface area contributed by atoms with Gasteiger partial charge in [-0.15, -0.1) is 5.10 Å². The minimum Gasteiger partial charge on any atom is -0.493 e. The van der Waals surface area contributed by atoms with Crippen LogP contribution in [0.25, 0.3) is 39.2 Å². The van der Waals surface area contributed by atoms with E-state index in [1.165, 1.54) is 0 Å². The zero-order chi connectivity index (χ0) is 21.2. The van der Waals surface area contributed by atoms with Crippen molar-refractivity contribution in [2.45, 2.75) is 20.3 Å². The lowest BCUT2D eigenvalue weighted by Crippen LogP contribution is -2.02. The van der Waals surface area contributed by atoms with Crippen molar-refractivity contribution in [3.05, 3.63) is 72.6 Å². The molecule has 5 rings (SSSR count). The number of para-hydroxylation sites is 2. The van der Waals surface area contributed by atoms with Crippen molar-refractivity contribution < 1.29 is 4.74 Å². The fourth-order valence-electron chi connectivity index (χ4n) is 3.87. The molecule has 0 aliphatic carbocycles. The number of aryl methyl sites for hydroxylation is 1. The van der Waals surface area contributed by atoms with Crippen LogP contribution in [0.3, 0.4) is 0 Å². The summed E-state index contributed by atoms with van der Waals surface area (Å²) in [7, 11) is 0. The van der Waals surface area contributed by atoms with E-state index in [4.69, 9.17) is 9.72 Å². The third-order valence-electron chi connectivity index (χ3n) is 5.23. The summed E-state index contributed by atoms with van der Waals surface area (Å²) in [6.07, 6.45) is 0.921. The highest BCUT2D eigenvalue weighted by Crippen LogP contribution is 2.38. The van der Waals surface area contributed by atoms with Crippen LogP contribution in [0.4, 0.5) is 0 Å². The maximum atomic E-state index is 6.21. The Balaban J connectivity index is 1.68. The predicted octanol–water partition coefficient (Wildman–Crippen LogP) is 4.97. The summed E-state index contributed by atoms with van der Waals surface area (Å²) in [4.78, 5) is 4.71. The lowest BCUT2D eigenvalue weighted by molar-refractivity contribution is 0.318. The zero-order valence-corrected chi connectivity index (χ0v) is 17.4. The number of imidazole rings is 1. The first-order valence-corrected chi connectivity index (χ1v) is 10.3. The number of nitrogens with zero attached hydrogens (tertiary/aromatic N) is 5. The average Bonchev–Trinajstić information content (AvgIpc) is 3.45. The van der Waals surface area contributed by atoms with Gasteiger partial charge in [-0.1, -0.05) is 43.3 Å². The van der Waals surface area contributed by atoms with Gasteiger partial charge < -0.3 is 4.74 Å². The number of tetrazole rings is 1. The molecule has 0 aliphatic heterocycles. The minimum absolute atomic E-state index is 0.623. The van der Waals surface area contributed by atoms with Crippen LogP contribution >= 0.6 is 0 Å². The molecular formula is C24H22N6O. The second-order valence-corrected chi connectivity index (χ2v) is 7.31. The molecule has 0 radical (unpaired) electrons. The van der Waals surface area contributed by atoms with E-state index in [9.17, 15) is 0 Å². The van der Waals surface area contributed by atoms with Crippen molar-refractivity contribution >= 4 is 11.0 Å². The molecule has 0 saturated carbocycles. The zero-order valence-electron chi connectivity index (χ0n) is 17.4. The summed E-state index contributed by atoms with van der Waals surface area (Å²) >= 11 is 0. The third-order valence-corrected chi connectivity index (χ3v) is 5.23. The number of aromatic nitrogens is 6. The second-order valence-electron chi connectivity index (χ2n) is 7.31. The molecule has 5 aromatic rings. The summed E-state index contributed by atoms with van der Waals surface area (Å²) in [5.74, 6) is 2.37. The molecule has 0 atom stereocenters. The van der Waals surface area contributed by atoms with Crippen LogP contribution in [0.5, 0.6) is 5.75 Å². The van der Waals surface area contributed by atoms with E-state index >= 15 is 0 Å². The van der Waals surface area contributed by atoms with Gasteiger partial charge in [0, 0.05) is 17.2 Å². The molecule has 2 aromatic heterocycles. The van der Waals surface area contributed by atoms with Crippen LogP contribution in [-0.2, 0) is 0 Å². The first-order chi connectivity index (χ1) is 15.3. The van der Waals surface area contributed by atoms with Gasteiger partial charge in [0.15, 0.2) is 5.82 Å². The van der Waals surface area contributed by atoms with Crippen molar-refractivity contribution in [2.75, 3.05) is 6.61 Å². The molecule has 31 heavy (non-hydrogen) atoms. The number of ether oxygens (including phenoxy) is 1. The van der Waals surface area contributed by atoms with E-state index in [0.29, 0.717) is 12.4 Å². The Labute approximate surface area is 179 Å². The Morgan fingerprint density at radius 2 is 1.74 bits per heavy atom. The van der Waals surface area contributed by atoms with Gasteiger partial charge in [0.1, 0.15) is 11.6 Å². The largest absolute Gasteiger partial charge is 0.493 e. The van der Waals surface area contributed by atoms with E-state index in [1.807, 2.05) is 43.3 Å². The van der Waals surface area contributed by atoms with Gasteiger partial charge in [0.2, 0.25) is 0 Å². The molecule has 0 saturated heterocycles. The van der Waals surface area contributed by atoms with E-state index < -0.39 is 0 Å². The van der Waals surface area contributed by atoms with E-state index in [1.54, 1.807) is 0 Å². The van der Waals surface area contributed by atoms with Crippen molar-refractivity contribution in [1.82, 2.24) is 30.2 Å². The number of fused-ring (bicyclic) bond motifs is 1. The molecule has 2 heterocycles. The highest BCUT2D eigenvalue weighted by atomic mass is 16.5. The first kappa shape index (κ1) is 19.0. The van der Waals surface area contributed by atoms with Crippen LogP contribution in [0.2, 0.25) is 0 Å². The predicted molar refractivity (Wildman–Crippen MR) is 120 cm³/mol. The third kappa shape index (κ3) is 3.44. The summed E-state index contributed by atoms with van der Waals surface area (Å²) < 4.78 is 8.37. The van der Waals surface area contributed by atoms with Crippen LogP contribution in [-0.4, -0.2) is 36.8 Å². The maximum absolute atomic E-state index is 6.21. The Morgan fingerprint density at radius 1 is 0.935 bits per heavy atom. The summed E-state index contributed by atoms with van der Waals surface area (Å²) in [5.41, 5.74) is 5.98. The Morgan fingerprint density at radius 3 is 2.55 bits per heavy atom. The summed E-state index contributed by atoms with van der Waals surface area (Å²) in [6, 6.07) is 22.5. The highest BCUT2D eigenvalue weighted by molar-refractivity contribution is 5.85. The molecule has 154 valence electrons. The van der Waals surface area contributed by atoms with Crippen LogP contribution < -0.4 is 4.74 Å². The van der Waals surface area contributed by atoms with Crippen LogP contribution in [0.1, 0.15) is 19.2 Å². The Bertz CT molecular complexity index is 1340. The van der Waals surface area contributed by atoms with E-state index in [2.05, 4.69) is 62.4 Å². The topological polar surface area (TPSA) is 81.5 Å². The van der Waals surface area contributed by atoms with Gasteiger partial charge in [-0.05, 0) is 53.6 Å². The molecule has 3 aromatic carbocycles. The lowest BCUT2D eigenvalue weighted by atomic mass is 9.98. The fourth-order valence-corrected chi connectivity index (χ4v) is 3.87. The van der Waals surface area contributed by atoms with Gasteiger partial charge >= 0.3 is 0 Å². The molecule has 7 heteroatoms. The maximum Gasteiger partial charge on any atom is 0.180 e. The molecule has 0 amide bonds. The fraction of sp³-hybridized carbons (Fsp3) is 0.167. The molecule has 7 nitrogen and oxygen atoms in total. The molecule has 0 spiro atoms. The van der Waals surface area contributed by atoms with Crippen LogP contribution in [0.15, 0.2) is 66.7 Å². The monoisotopic (exact) mass is 410 g/mol. The minimum atomic E-state index is 0.623. The SMILES string of the molecule is CCCOc1cc(-n2c(C)nc3ccccc32)ccc1-c1ccccc1-c1nnn[nH]1. The van der Waals surface area contributed by atoms with Gasteiger partial charge in [-0.2, -0.15) is 0 Å². The Kier molecular flexibility index (Phi) is 4.92. The van der Waals surface area contributed by atoms with Gasteiger partial charge in [0.05, 0.1) is 23.3 Å². The summed E-state index contributed by atoms with van der Waals surface area (Å²) in [5, 5.41) is 14.4. The molecule has 0 unspecified atom stereocenters. The number of rotatable bonds is 6. The van der Waals surface area contributed by atoms with Crippen molar-refractivity contribution in [3.8, 4) is 34.0 Å².